The van der Waals surface area contributed by atoms with Gasteiger partial charge in [-0.15, -0.1) is 0 Å². The number of carboxylic acid groups (broad SMARTS) is 1. The van der Waals surface area contributed by atoms with E-state index in [-0.39, 0.29) is 18.0 Å². The first-order chi connectivity index (χ1) is 9.95. The zero-order valence-electron chi connectivity index (χ0n) is 10.5. The van der Waals surface area contributed by atoms with Gasteiger partial charge in [-0.05, 0) is 33.6 Å². The van der Waals surface area contributed by atoms with Crippen molar-refractivity contribution in [1.29, 1.82) is 0 Å². The Kier molecular flexibility index (Phi) is 4.49. The monoisotopic (exact) mass is 352 g/mol. The number of halogens is 1. The molecule has 0 radical (unpaired) electrons. The van der Waals surface area contributed by atoms with Crippen molar-refractivity contribution < 1.29 is 19.6 Å². The lowest BCUT2D eigenvalue weighted by atomic mass is 10.1. The minimum Gasteiger partial charge on any atom is -0.481 e. The molecular weight excluding hydrogens is 344 g/mol. The molecule has 0 aliphatic heterocycles. The van der Waals surface area contributed by atoms with Crippen LogP contribution in [-0.2, 0) is 11.2 Å². The first-order valence-corrected chi connectivity index (χ1v) is 6.53. The first-order valence-electron chi connectivity index (χ1n) is 5.74. The molecule has 1 aromatic carbocycles. The number of nitro groups is 1. The fraction of sp³-hybridized carbons (Fsp3) is 0.0769. The van der Waals surface area contributed by atoms with Gasteiger partial charge in [0.2, 0.25) is 0 Å². The molecule has 0 amide bonds. The largest absolute Gasteiger partial charge is 0.481 e. The van der Waals surface area contributed by atoms with Gasteiger partial charge in [-0.1, -0.05) is 12.1 Å². The van der Waals surface area contributed by atoms with Gasteiger partial charge < -0.3 is 9.84 Å². The Morgan fingerprint density at radius 3 is 2.62 bits per heavy atom. The van der Waals surface area contributed by atoms with E-state index in [4.69, 9.17) is 9.84 Å². The number of hydrogen-bond acceptors (Lipinski definition) is 5. The standard InChI is InChI=1S/C13H9BrN2O5/c14-9-6-11(16(19)20)13(15-7-9)21-10-3-1-8(2-4-10)5-12(17)18/h1-4,6-7H,5H2,(H,17,18). The molecule has 1 aromatic heterocycles. The van der Waals surface area contributed by atoms with Crippen molar-refractivity contribution in [2.24, 2.45) is 0 Å². The third-order valence-corrected chi connectivity index (χ3v) is 2.92. The second-order valence-electron chi connectivity index (χ2n) is 4.05. The van der Waals surface area contributed by atoms with Crippen molar-refractivity contribution in [2.75, 3.05) is 0 Å². The number of ether oxygens (including phenoxy) is 1. The quantitative estimate of drug-likeness (QED) is 0.654. The molecule has 2 aromatic rings. The lowest BCUT2D eigenvalue weighted by Crippen LogP contribution is -2.00. The van der Waals surface area contributed by atoms with Gasteiger partial charge in [-0.25, -0.2) is 4.98 Å². The highest BCUT2D eigenvalue weighted by Crippen LogP contribution is 2.31. The van der Waals surface area contributed by atoms with Crippen LogP contribution in [0.1, 0.15) is 5.56 Å². The topological polar surface area (TPSA) is 103 Å². The van der Waals surface area contributed by atoms with Crippen molar-refractivity contribution in [3.63, 3.8) is 0 Å². The van der Waals surface area contributed by atoms with E-state index in [2.05, 4.69) is 20.9 Å². The third kappa shape index (κ3) is 3.99. The summed E-state index contributed by atoms with van der Waals surface area (Å²) in [6.45, 7) is 0. The van der Waals surface area contributed by atoms with Crippen LogP contribution in [0.5, 0.6) is 11.6 Å². The van der Waals surface area contributed by atoms with Crippen LogP contribution < -0.4 is 4.74 Å². The van der Waals surface area contributed by atoms with Gasteiger partial charge in [0.15, 0.2) is 0 Å². The van der Waals surface area contributed by atoms with E-state index in [1.165, 1.54) is 24.4 Å². The molecular formula is C13H9BrN2O5. The molecule has 1 N–H and O–H groups in total. The summed E-state index contributed by atoms with van der Waals surface area (Å²) in [6, 6.07) is 7.51. The van der Waals surface area contributed by atoms with E-state index in [0.29, 0.717) is 15.8 Å². The number of rotatable bonds is 5. The molecule has 0 saturated carbocycles. The van der Waals surface area contributed by atoms with E-state index in [1.807, 2.05) is 0 Å². The van der Waals surface area contributed by atoms with Crippen LogP contribution in [-0.4, -0.2) is 21.0 Å². The second kappa shape index (κ2) is 6.31. The summed E-state index contributed by atoms with van der Waals surface area (Å²) in [4.78, 5) is 24.8. The normalized spacial score (nSPS) is 10.1. The summed E-state index contributed by atoms with van der Waals surface area (Å²) >= 11 is 3.10. The summed E-state index contributed by atoms with van der Waals surface area (Å²) in [5.74, 6) is -0.731. The molecule has 108 valence electrons. The summed E-state index contributed by atoms with van der Waals surface area (Å²) in [5.41, 5.74) is 0.340. The SMILES string of the molecule is O=C(O)Cc1ccc(Oc2ncc(Br)cc2[N+](=O)[O-])cc1. The Labute approximate surface area is 127 Å². The number of hydrogen-bond donors (Lipinski definition) is 1. The molecule has 0 atom stereocenters. The molecule has 0 aliphatic carbocycles. The number of benzene rings is 1. The molecule has 1 heterocycles. The smallest absolute Gasteiger partial charge is 0.332 e. The Hall–Kier alpha value is -2.48. The average molecular weight is 353 g/mol. The minimum atomic E-state index is -0.936. The van der Waals surface area contributed by atoms with Crippen LogP contribution in [0.2, 0.25) is 0 Å². The van der Waals surface area contributed by atoms with Crippen molar-refractivity contribution in [3.05, 3.63) is 56.7 Å². The van der Waals surface area contributed by atoms with Crippen LogP contribution in [0.4, 0.5) is 5.69 Å². The molecule has 0 unspecified atom stereocenters. The van der Waals surface area contributed by atoms with E-state index in [0.717, 1.165) is 0 Å². The van der Waals surface area contributed by atoms with Crippen molar-refractivity contribution in [1.82, 2.24) is 4.98 Å². The first kappa shape index (κ1) is 14.9. The van der Waals surface area contributed by atoms with Crippen LogP contribution in [0.3, 0.4) is 0 Å². The van der Waals surface area contributed by atoms with Gasteiger partial charge in [0.1, 0.15) is 5.75 Å². The highest BCUT2D eigenvalue weighted by molar-refractivity contribution is 9.10. The molecule has 0 saturated heterocycles. The molecule has 8 heteroatoms. The minimum absolute atomic E-state index is 0.100. The Morgan fingerprint density at radius 2 is 2.05 bits per heavy atom. The van der Waals surface area contributed by atoms with E-state index >= 15 is 0 Å². The van der Waals surface area contributed by atoms with Gasteiger partial charge in [0.05, 0.1) is 11.3 Å². The predicted molar refractivity (Wildman–Crippen MR) is 76.4 cm³/mol. The number of nitrogens with zero attached hydrogens (tertiary/aromatic N) is 2. The molecule has 2 rings (SSSR count). The van der Waals surface area contributed by atoms with Gasteiger partial charge in [0.25, 0.3) is 5.88 Å². The zero-order valence-corrected chi connectivity index (χ0v) is 12.1. The molecule has 7 nitrogen and oxygen atoms in total. The molecule has 21 heavy (non-hydrogen) atoms. The van der Waals surface area contributed by atoms with E-state index < -0.39 is 10.9 Å². The predicted octanol–water partition coefficient (Wildman–Crippen LogP) is 3.17. The van der Waals surface area contributed by atoms with Gasteiger partial charge in [-0.3, -0.25) is 14.9 Å². The molecule has 0 aliphatic rings. The average Bonchev–Trinajstić information content (AvgIpc) is 2.42. The van der Waals surface area contributed by atoms with E-state index in [9.17, 15) is 14.9 Å². The Bertz CT molecular complexity index is 687. The van der Waals surface area contributed by atoms with Gasteiger partial charge >= 0.3 is 11.7 Å². The lowest BCUT2D eigenvalue weighted by molar-refractivity contribution is -0.386. The zero-order chi connectivity index (χ0) is 15.4. The maximum absolute atomic E-state index is 10.9. The van der Waals surface area contributed by atoms with Gasteiger partial charge in [-0.2, -0.15) is 0 Å². The van der Waals surface area contributed by atoms with Crippen LogP contribution in [0.25, 0.3) is 0 Å². The van der Waals surface area contributed by atoms with E-state index in [1.54, 1.807) is 12.1 Å². The number of pyridine rings is 1. The maximum Gasteiger partial charge on any atom is 0.332 e. The number of carboxylic acids is 1. The summed E-state index contributed by atoms with van der Waals surface area (Å²) < 4.78 is 5.84. The Morgan fingerprint density at radius 1 is 1.38 bits per heavy atom. The van der Waals surface area contributed by atoms with Crippen LogP contribution in [0, 0.1) is 10.1 Å². The van der Waals surface area contributed by atoms with Crippen molar-refractivity contribution >= 4 is 27.6 Å². The summed E-state index contributed by atoms with van der Waals surface area (Å²) in [7, 11) is 0. The summed E-state index contributed by atoms with van der Waals surface area (Å²) in [6.07, 6.45) is 1.29. The van der Waals surface area contributed by atoms with Crippen molar-refractivity contribution in [3.8, 4) is 11.6 Å². The second-order valence-corrected chi connectivity index (χ2v) is 4.97. The fourth-order valence-electron chi connectivity index (χ4n) is 1.59. The third-order valence-electron chi connectivity index (χ3n) is 2.49. The lowest BCUT2D eigenvalue weighted by Gasteiger charge is -2.06. The van der Waals surface area contributed by atoms with Crippen LogP contribution in [0.15, 0.2) is 41.0 Å². The van der Waals surface area contributed by atoms with Crippen molar-refractivity contribution in [2.45, 2.75) is 6.42 Å². The number of aromatic nitrogens is 1. The maximum atomic E-state index is 10.9. The number of aliphatic carboxylic acids is 1. The Balaban J connectivity index is 2.22. The summed E-state index contributed by atoms with van der Waals surface area (Å²) in [5, 5.41) is 19.6. The van der Waals surface area contributed by atoms with Crippen LogP contribution >= 0.6 is 15.9 Å². The molecule has 0 bridgehead atoms. The highest BCUT2D eigenvalue weighted by Gasteiger charge is 2.18. The van der Waals surface area contributed by atoms with Gasteiger partial charge in [0, 0.05) is 16.7 Å². The highest BCUT2D eigenvalue weighted by atomic mass is 79.9. The number of carbonyl (C=O) groups is 1. The fourth-order valence-corrected chi connectivity index (χ4v) is 1.91. The molecule has 0 fully saturated rings. The molecule has 0 spiro atoms.